The number of hydrogen-bond donors (Lipinski definition) is 5. The minimum Gasteiger partial charge on any atom is -0.507 e. The molecule has 2 aromatic rings. The van der Waals surface area contributed by atoms with Crippen molar-refractivity contribution < 1.29 is 39.2 Å². The topological polar surface area (TPSA) is 184 Å². The molecule has 13 heteroatoms. The summed E-state index contributed by atoms with van der Waals surface area (Å²) in [4.78, 5) is 47.0. The molecular formula is C33H47N5O8. The molecule has 1 saturated carbocycles. The number of benzene rings is 1. The monoisotopic (exact) mass is 641 g/mol. The van der Waals surface area contributed by atoms with Crippen LogP contribution in [0.3, 0.4) is 0 Å². The number of carbonyl (C=O) groups is 3. The molecule has 1 fully saturated rings. The third-order valence-electron chi connectivity index (χ3n) is 9.24. The van der Waals surface area contributed by atoms with Crippen LogP contribution < -0.4 is 10.6 Å². The zero-order valence-electron chi connectivity index (χ0n) is 27.7. The maximum atomic E-state index is 14.2. The van der Waals surface area contributed by atoms with E-state index < -0.39 is 59.7 Å². The number of anilines is 1. The average Bonchev–Trinajstić information content (AvgIpc) is 3.41. The van der Waals surface area contributed by atoms with Crippen molar-refractivity contribution in [2.75, 3.05) is 73.9 Å². The number of nitrogens with two attached hydrogens (primary N) is 1. The number of primary amides is 1. The Bertz CT molecular complexity index is 1530. The zero-order chi connectivity index (χ0) is 34.2. The molecule has 46 heavy (non-hydrogen) atoms. The van der Waals surface area contributed by atoms with Crippen LogP contribution in [0.1, 0.15) is 29.7 Å². The van der Waals surface area contributed by atoms with Crippen LogP contribution in [0.4, 0.5) is 5.69 Å². The summed E-state index contributed by atoms with van der Waals surface area (Å²) < 4.78 is 6.14. The highest BCUT2D eigenvalue weighted by Crippen LogP contribution is 2.52. The Morgan fingerprint density at radius 1 is 1.09 bits per heavy atom. The maximum Gasteiger partial charge on any atom is 0.225 e. The lowest BCUT2D eigenvalue weighted by Gasteiger charge is -2.47. The van der Waals surface area contributed by atoms with Crippen LogP contribution in [-0.4, -0.2) is 133 Å². The van der Waals surface area contributed by atoms with E-state index in [9.17, 15) is 34.8 Å². The van der Waals surface area contributed by atoms with Crippen molar-refractivity contribution >= 4 is 28.9 Å². The van der Waals surface area contributed by atoms with Crippen LogP contribution in [0.15, 0.2) is 28.2 Å². The van der Waals surface area contributed by atoms with Gasteiger partial charge in [-0.05, 0) is 77.8 Å². The lowest BCUT2D eigenvalue weighted by atomic mass is 9.59. The second-order valence-corrected chi connectivity index (χ2v) is 13.2. The van der Waals surface area contributed by atoms with Gasteiger partial charge in [0.05, 0.1) is 30.7 Å². The fraction of sp³-hybridized carbons (Fsp3) is 0.545. The van der Waals surface area contributed by atoms with E-state index in [0.717, 1.165) is 13.1 Å². The number of aliphatic hydroxyl groups is 3. The predicted molar refractivity (Wildman–Crippen MR) is 173 cm³/mol. The lowest BCUT2D eigenvalue weighted by molar-refractivity contribution is -0.163. The van der Waals surface area contributed by atoms with Gasteiger partial charge in [0.25, 0.3) is 0 Å². The van der Waals surface area contributed by atoms with E-state index in [1.807, 2.05) is 46.2 Å². The molecule has 1 heterocycles. The van der Waals surface area contributed by atoms with Crippen molar-refractivity contribution in [1.82, 2.24) is 14.7 Å². The van der Waals surface area contributed by atoms with Crippen LogP contribution in [0.25, 0.3) is 17.1 Å². The summed E-state index contributed by atoms with van der Waals surface area (Å²) in [6, 6.07) is 4.51. The first-order valence-corrected chi connectivity index (χ1v) is 15.3. The average molecular weight is 642 g/mol. The molecule has 4 atom stereocenters. The van der Waals surface area contributed by atoms with Crippen molar-refractivity contribution in [3.63, 3.8) is 0 Å². The van der Waals surface area contributed by atoms with Gasteiger partial charge >= 0.3 is 0 Å². The third-order valence-corrected chi connectivity index (χ3v) is 9.24. The first kappa shape index (κ1) is 35.1. The largest absolute Gasteiger partial charge is 0.507 e. The second kappa shape index (κ2) is 13.5. The van der Waals surface area contributed by atoms with Crippen molar-refractivity contribution in [1.29, 1.82) is 0 Å². The van der Waals surface area contributed by atoms with Gasteiger partial charge in [-0.15, -0.1) is 0 Å². The van der Waals surface area contributed by atoms with Crippen molar-refractivity contribution in [3.8, 4) is 17.1 Å². The van der Waals surface area contributed by atoms with Crippen molar-refractivity contribution in [2.45, 2.75) is 37.5 Å². The Morgan fingerprint density at radius 3 is 2.33 bits per heavy atom. The molecule has 1 amide bonds. The molecule has 2 aliphatic carbocycles. The summed E-state index contributed by atoms with van der Waals surface area (Å²) in [5.41, 5.74) is 3.89. The molecule has 0 bridgehead atoms. The van der Waals surface area contributed by atoms with Gasteiger partial charge in [-0.2, -0.15) is 0 Å². The summed E-state index contributed by atoms with van der Waals surface area (Å²) in [5.74, 6) is -4.79. The molecule has 1 aromatic heterocycles. The number of ketones is 2. The minimum absolute atomic E-state index is 0.0105. The Labute approximate surface area is 269 Å². The van der Waals surface area contributed by atoms with Crippen LogP contribution in [0.2, 0.25) is 0 Å². The standard InChI is InChI=1S/C33H47N5O8/c1-35(2)10-11-38(7)16-19-8-9-25(46-19)21-14-23(36(3)4)20-12-18-13-22(24(17-39)37(5)6)33(45,26(40)15-27(34)41)32(44)28(18)31(43)29(20)30(21)42/h8-9,14,18,22,24,39,42-43,45H,10-13,15-17H2,1-7H3,(H2,34,41)/t18-,22-,24+,33+/m0/s1. The van der Waals surface area contributed by atoms with E-state index >= 15 is 0 Å². The van der Waals surface area contributed by atoms with Gasteiger partial charge in [0, 0.05) is 50.4 Å². The third kappa shape index (κ3) is 6.42. The molecule has 0 spiro atoms. The van der Waals surface area contributed by atoms with E-state index in [1.165, 1.54) is 0 Å². The van der Waals surface area contributed by atoms with Crippen LogP contribution >= 0.6 is 0 Å². The summed E-state index contributed by atoms with van der Waals surface area (Å²) in [7, 11) is 12.9. The lowest BCUT2D eigenvalue weighted by Crippen LogP contribution is -2.64. The molecule has 2 aliphatic rings. The maximum absolute atomic E-state index is 14.2. The molecule has 0 saturated heterocycles. The second-order valence-electron chi connectivity index (χ2n) is 13.2. The number of nitrogens with zero attached hydrogens (tertiary/aromatic N) is 4. The number of likely N-dealkylation sites (N-methyl/N-ethyl adjacent to an activating group) is 3. The summed E-state index contributed by atoms with van der Waals surface area (Å²) in [6.07, 6.45) is -0.664. The highest BCUT2D eigenvalue weighted by Gasteiger charge is 2.60. The Morgan fingerprint density at radius 2 is 1.76 bits per heavy atom. The van der Waals surface area contributed by atoms with E-state index in [4.69, 9.17) is 10.2 Å². The van der Waals surface area contributed by atoms with Gasteiger partial charge in [0.2, 0.25) is 11.7 Å². The van der Waals surface area contributed by atoms with Gasteiger partial charge in [-0.25, -0.2) is 0 Å². The van der Waals surface area contributed by atoms with Crippen molar-refractivity contribution in [2.24, 2.45) is 17.6 Å². The predicted octanol–water partition coefficient (Wildman–Crippen LogP) is 0.840. The van der Waals surface area contributed by atoms with Gasteiger partial charge in [0.1, 0.15) is 23.0 Å². The van der Waals surface area contributed by atoms with Crippen LogP contribution in [0, 0.1) is 11.8 Å². The van der Waals surface area contributed by atoms with E-state index in [2.05, 4.69) is 9.80 Å². The quantitative estimate of drug-likeness (QED) is 0.195. The molecule has 1 aromatic carbocycles. The molecule has 4 rings (SSSR count). The summed E-state index contributed by atoms with van der Waals surface area (Å²) in [6.45, 7) is 1.74. The van der Waals surface area contributed by atoms with Crippen LogP contribution in [0.5, 0.6) is 5.75 Å². The van der Waals surface area contributed by atoms with Crippen LogP contribution in [-0.2, 0) is 27.3 Å². The summed E-state index contributed by atoms with van der Waals surface area (Å²) >= 11 is 0. The fourth-order valence-corrected chi connectivity index (χ4v) is 6.80. The number of carbonyl (C=O) groups excluding carboxylic acids is 3. The van der Waals surface area contributed by atoms with Gasteiger partial charge in [-0.1, -0.05) is 0 Å². The number of furan rings is 1. The zero-order valence-corrected chi connectivity index (χ0v) is 27.7. The number of hydrogen-bond acceptors (Lipinski definition) is 12. The first-order valence-electron chi connectivity index (χ1n) is 15.3. The first-order chi connectivity index (χ1) is 21.5. The smallest absolute Gasteiger partial charge is 0.225 e. The highest BCUT2D eigenvalue weighted by atomic mass is 16.3. The number of phenols is 1. The number of Topliss-reactive ketones (excluding diaryl/α,β-unsaturated/α-hetero) is 2. The molecular weight excluding hydrogens is 594 g/mol. The summed E-state index contributed by atoms with van der Waals surface area (Å²) in [5, 5.41) is 45.5. The number of aromatic hydroxyl groups is 1. The van der Waals surface area contributed by atoms with E-state index in [1.54, 1.807) is 31.1 Å². The van der Waals surface area contributed by atoms with Crippen molar-refractivity contribution in [3.05, 3.63) is 40.7 Å². The number of aliphatic hydroxyl groups excluding tert-OH is 2. The number of amides is 1. The SMILES string of the molecule is CN(C)CCN(C)Cc1ccc(-c2cc(N(C)C)c3c(c2O)C(O)=C2C(=O)[C@](O)(C(=O)CC(N)=O)[C@H]([C@@H](CO)N(C)C)C[C@@H]2C3)o1. The number of rotatable bonds is 13. The molecule has 0 radical (unpaired) electrons. The molecule has 0 aliphatic heterocycles. The van der Waals surface area contributed by atoms with Gasteiger partial charge in [0.15, 0.2) is 11.4 Å². The fourth-order valence-electron chi connectivity index (χ4n) is 6.80. The normalized spacial score (nSPS) is 22.0. The number of fused-ring (bicyclic) bond motifs is 2. The van der Waals surface area contributed by atoms with Gasteiger partial charge in [-0.3, -0.25) is 19.3 Å². The van der Waals surface area contributed by atoms with Gasteiger partial charge < -0.3 is 45.3 Å². The Hall–Kier alpha value is -3.75. The molecule has 13 nitrogen and oxygen atoms in total. The highest BCUT2D eigenvalue weighted by molar-refractivity contribution is 6.23. The Balaban J connectivity index is 1.85. The number of phenolic OH excluding ortho intramolecular Hbond substituents is 1. The van der Waals surface area contributed by atoms with E-state index in [-0.39, 0.29) is 29.7 Å². The minimum atomic E-state index is -2.74. The molecule has 6 N–H and O–H groups in total. The van der Waals surface area contributed by atoms with E-state index in [0.29, 0.717) is 34.9 Å². The molecule has 252 valence electrons. The molecule has 0 unspecified atom stereocenters. The Kier molecular flexibility index (Phi) is 10.3.